The molecule has 25 heavy (non-hydrogen) atoms. The molecule has 0 aromatic carbocycles. The summed E-state index contributed by atoms with van der Waals surface area (Å²) in [6, 6.07) is 3.73. The lowest BCUT2D eigenvalue weighted by molar-refractivity contribution is 0.0957. The van der Waals surface area contributed by atoms with Crippen molar-refractivity contribution in [1.82, 2.24) is 16.0 Å². The van der Waals surface area contributed by atoms with Crippen molar-refractivity contribution < 1.29 is 4.79 Å². The van der Waals surface area contributed by atoms with Gasteiger partial charge < -0.3 is 16.0 Å². The van der Waals surface area contributed by atoms with Gasteiger partial charge in [0.1, 0.15) is 0 Å². The van der Waals surface area contributed by atoms with E-state index in [-0.39, 0.29) is 5.91 Å². The number of amides is 1. The Morgan fingerprint density at radius 1 is 1.24 bits per heavy atom. The summed E-state index contributed by atoms with van der Waals surface area (Å²) in [5.41, 5.74) is 1.57. The van der Waals surface area contributed by atoms with E-state index in [0.717, 1.165) is 36.8 Å². The van der Waals surface area contributed by atoms with Gasteiger partial charge in [-0.25, -0.2) is 0 Å². The highest BCUT2D eigenvalue weighted by atomic mass is 32.1. The van der Waals surface area contributed by atoms with Gasteiger partial charge in [-0.05, 0) is 56.9 Å². The fourth-order valence-electron chi connectivity index (χ4n) is 2.78. The molecule has 1 amide bonds. The number of allylic oxidation sites excluding steroid dienone is 1. The molecule has 0 spiro atoms. The van der Waals surface area contributed by atoms with Crippen molar-refractivity contribution in [3.8, 4) is 0 Å². The van der Waals surface area contributed by atoms with Crippen LogP contribution in [-0.4, -0.2) is 38.0 Å². The SMILES string of the molecule is CCNC(=NCCCNC(=O)c1cccs1)NCCC1=CCCCC1. The fourth-order valence-corrected chi connectivity index (χ4v) is 3.42. The molecule has 0 fully saturated rings. The molecule has 2 rings (SSSR count). The number of thiophene rings is 1. The Balaban J connectivity index is 1.62. The van der Waals surface area contributed by atoms with Gasteiger partial charge in [-0.2, -0.15) is 0 Å². The first kappa shape index (κ1) is 19.5. The second kappa shape index (κ2) is 11.7. The Bertz CT molecular complexity index is 566. The van der Waals surface area contributed by atoms with Crippen molar-refractivity contribution in [2.24, 2.45) is 4.99 Å². The van der Waals surface area contributed by atoms with Gasteiger partial charge in [0.05, 0.1) is 4.88 Å². The summed E-state index contributed by atoms with van der Waals surface area (Å²) in [5, 5.41) is 11.5. The van der Waals surface area contributed by atoms with E-state index in [1.165, 1.54) is 37.0 Å². The van der Waals surface area contributed by atoms with Crippen molar-refractivity contribution in [3.05, 3.63) is 34.0 Å². The van der Waals surface area contributed by atoms with E-state index in [1.807, 2.05) is 17.5 Å². The quantitative estimate of drug-likeness (QED) is 0.273. The average molecular weight is 363 g/mol. The van der Waals surface area contributed by atoms with E-state index in [0.29, 0.717) is 13.1 Å². The van der Waals surface area contributed by atoms with Gasteiger partial charge in [0.25, 0.3) is 5.91 Å². The third kappa shape index (κ3) is 7.73. The summed E-state index contributed by atoms with van der Waals surface area (Å²) in [4.78, 5) is 17.2. The van der Waals surface area contributed by atoms with E-state index in [9.17, 15) is 4.79 Å². The topological polar surface area (TPSA) is 65.5 Å². The monoisotopic (exact) mass is 362 g/mol. The first-order chi connectivity index (χ1) is 12.3. The van der Waals surface area contributed by atoms with Crippen LogP contribution in [0.5, 0.6) is 0 Å². The lowest BCUT2D eigenvalue weighted by Crippen LogP contribution is -2.38. The minimum atomic E-state index is 0.00441. The van der Waals surface area contributed by atoms with Crippen LogP contribution in [0, 0.1) is 0 Å². The third-order valence-electron chi connectivity index (χ3n) is 4.10. The van der Waals surface area contributed by atoms with E-state index in [4.69, 9.17) is 0 Å². The van der Waals surface area contributed by atoms with Crippen LogP contribution in [0.15, 0.2) is 34.2 Å². The van der Waals surface area contributed by atoms with Gasteiger partial charge in [0.2, 0.25) is 0 Å². The van der Waals surface area contributed by atoms with Crippen LogP contribution in [0.25, 0.3) is 0 Å². The molecule has 0 atom stereocenters. The van der Waals surface area contributed by atoms with Crippen LogP contribution in [0.3, 0.4) is 0 Å². The van der Waals surface area contributed by atoms with Crippen molar-refractivity contribution in [3.63, 3.8) is 0 Å². The molecule has 5 nitrogen and oxygen atoms in total. The Morgan fingerprint density at radius 2 is 2.16 bits per heavy atom. The van der Waals surface area contributed by atoms with E-state index in [2.05, 4.69) is 33.9 Å². The second-order valence-electron chi connectivity index (χ2n) is 6.13. The van der Waals surface area contributed by atoms with Crippen LogP contribution in [0.1, 0.15) is 55.1 Å². The summed E-state index contributed by atoms with van der Waals surface area (Å²) in [6.07, 6.45) is 9.48. The molecule has 0 saturated heterocycles. The number of carbonyl (C=O) groups is 1. The highest BCUT2D eigenvalue weighted by Crippen LogP contribution is 2.19. The molecule has 0 aliphatic heterocycles. The van der Waals surface area contributed by atoms with Crippen LogP contribution >= 0.6 is 11.3 Å². The average Bonchev–Trinajstić information content (AvgIpc) is 3.17. The zero-order chi connectivity index (χ0) is 17.7. The fraction of sp³-hybridized carbons (Fsp3) is 0.579. The smallest absolute Gasteiger partial charge is 0.261 e. The Labute approximate surface area is 155 Å². The van der Waals surface area contributed by atoms with Gasteiger partial charge in [-0.1, -0.05) is 17.7 Å². The number of hydrogen-bond donors (Lipinski definition) is 3. The lowest BCUT2D eigenvalue weighted by Gasteiger charge is -2.15. The number of rotatable bonds is 9. The summed E-state index contributed by atoms with van der Waals surface area (Å²) in [5.74, 6) is 0.869. The molecule has 6 heteroatoms. The van der Waals surface area contributed by atoms with Gasteiger partial charge in [0.15, 0.2) is 5.96 Å². The van der Waals surface area contributed by atoms with Crippen LogP contribution in [0.2, 0.25) is 0 Å². The Hall–Kier alpha value is -1.82. The normalized spacial score (nSPS) is 14.8. The third-order valence-corrected chi connectivity index (χ3v) is 4.97. The zero-order valence-electron chi connectivity index (χ0n) is 15.1. The lowest BCUT2D eigenvalue weighted by atomic mass is 9.97. The molecule has 1 heterocycles. The first-order valence-electron chi connectivity index (χ1n) is 9.31. The molecule has 0 radical (unpaired) electrons. The van der Waals surface area contributed by atoms with E-state index in [1.54, 1.807) is 5.57 Å². The summed E-state index contributed by atoms with van der Waals surface area (Å²) in [6.45, 7) is 5.19. The van der Waals surface area contributed by atoms with Crippen LogP contribution in [0.4, 0.5) is 0 Å². The van der Waals surface area contributed by atoms with Crippen molar-refractivity contribution in [2.75, 3.05) is 26.2 Å². The molecule has 0 bridgehead atoms. The Kier molecular flexibility index (Phi) is 9.12. The van der Waals surface area contributed by atoms with Gasteiger partial charge in [-0.15, -0.1) is 11.3 Å². The van der Waals surface area contributed by atoms with Gasteiger partial charge >= 0.3 is 0 Å². The molecule has 1 aromatic rings. The summed E-state index contributed by atoms with van der Waals surface area (Å²) in [7, 11) is 0. The molecule has 0 unspecified atom stereocenters. The van der Waals surface area contributed by atoms with Gasteiger partial charge in [0, 0.05) is 26.2 Å². The van der Waals surface area contributed by atoms with E-state index < -0.39 is 0 Å². The maximum atomic E-state index is 11.8. The van der Waals surface area contributed by atoms with Crippen molar-refractivity contribution >= 4 is 23.2 Å². The van der Waals surface area contributed by atoms with Crippen molar-refractivity contribution in [2.45, 2.75) is 45.4 Å². The number of carbonyl (C=O) groups excluding carboxylic acids is 1. The van der Waals surface area contributed by atoms with Gasteiger partial charge in [-0.3, -0.25) is 9.79 Å². The minimum absolute atomic E-state index is 0.00441. The standard InChI is InChI=1S/C19H30N4OS/c1-2-20-19(23-14-11-16-8-4-3-5-9-16)22-13-7-12-21-18(24)17-10-6-15-25-17/h6,8,10,15H,2-5,7,9,11-14H2,1H3,(H,21,24)(H2,20,22,23). The molecular formula is C19H30N4OS. The van der Waals surface area contributed by atoms with Crippen LogP contribution < -0.4 is 16.0 Å². The first-order valence-corrected chi connectivity index (χ1v) is 10.2. The highest BCUT2D eigenvalue weighted by molar-refractivity contribution is 7.12. The molecular weight excluding hydrogens is 332 g/mol. The zero-order valence-corrected chi connectivity index (χ0v) is 16.0. The van der Waals surface area contributed by atoms with Crippen molar-refractivity contribution in [1.29, 1.82) is 0 Å². The molecule has 1 aromatic heterocycles. The predicted octanol–water partition coefficient (Wildman–Crippen LogP) is 3.31. The Morgan fingerprint density at radius 3 is 2.88 bits per heavy atom. The van der Waals surface area contributed by atoms with E-state index >= 15 is 0 Å². The number of nitrogens with zero attached hydrogens (tertiary/aromatic N) is 1. The molecule has 0 saturated carbocycles. The molecule has 1 aliphatic carbocycles. The molecule has 1 aliphatic rings. The minimum Gasteiger partial charge on any atom is -0.357 e. The highest BCUT2D eigenvalue weighted by Gasteiger charge is 2.05. The maximum Gasteiger partial charge on any atom is 0.261 e. The predicted molar refractivity (Wildman–Crippen MR) is 106 cm³/mol. The second-order valence-corrected chi connectivity index (χ2v) is 7.08. The molecule has 3 N–H and O–H groups in total. The maximum absolute atomic E-state index is 11.8. The van der Waals surface area contributed by atoms with Crippen LogP contribution in [-0.2, 0) is 0 Å². The summed E-state index contributed by atoms with van der Waals surface area (Å²) < 4.78 is 0. The molecule has 138 valence electrons. The number of hydrogen-bond acceptors (Lipinski definition) is 3. The largest absolute Gasteiger partial charge is 0.357 e. The number of guanidine groups is 1. The number of aliphatic imine (C=N–C) groups is 1. The summed E-state index contributed by atoms with van der Waals surface area (Å²) >= 11 is 1.46. The number of nitrogens with one attached hydrogen (secondary N) is 3.